The van der Waals surface area contributed by atoms with Crippen molar-refractivity contribution in [3.05, 3.63) is 24.0 Å². The van der Waals surface area contributed by atoms with Crippen molar-refractivity contribution in [2.75, 3.05) is 25.4 Å². The standard InChI is InChI=1S/C18H22FN5S/c19-13-6-7-15-14(12-13)16-17(20-15)21-18(23-22-16)25-11-10-24-8-4-2-1-3-5-9-24/h6-7,12H,1-5,8-11H2,(H,20,21,23). The van der Waals surface area contributed by atoms with Crippen LogP contribution in [-0.2, 0) is 0 Å². The molecule has 7 heteroatoms. The van der Waals surface area contributed by atoms with Crippen LogP contribution in [0, 0.1) is 5.82 Å². The van der Waals surface area contributed by atoms with Crippen LogP contribution in [0.3, 0.4) is 0 Å². The number of fused-ring (bicyclic) bond motifs is 3. The number of hydrogen-bond acceptors (Lipinski definition) is 5. The number of benzene rings is 1. The van der Waals surface area contributed by atoms with Gasteiger partial charge >= 0.3 is 0 Å². The Bertz CT molecular complexity index is 857. The van der Waals surface area contributed by atoms with Crippen molar-refractivity contribution in [2.24, 2.45) is 0 Å². The van der Waals surface area contributed by atoms with Crippen molar-refractivity contribution in [3.8, 4) is 0 Å². The summed E-state index contributed by atoms with van der Waals surface area (Å²) in [5.41, 5.74) is 2.13. The Balaban J connectivity index is 1.42. The average molecular weight is 359 g/mol. The zero-order valence-corrected chi connectivity index (χ0v) is 15.0. The second kappa shape index (κ2) is 7.66. The van der Waals surface area contributed by atoms with Crippen molar-refractivity contribution < 1.29 is 4.39 Å². The number of H-pyrrole nitrogens is 1. The van der Waals surface area contributed by atoms with Crippen molar-refractivity contribution >= 4 is 33.8 Å². The van der Waals surface area contributed by atoms with E-state index in [4.69, 9.17) is 0 Å². The second-order valence-corrected chi connectivity index (χ2v) is 7.63. The molecule has 132 valence electrons. The molecule has 1 aromatic carbocycles. The predicted molar refractivity (Wildman–Crippen MR) is 99.4 cm³/mol. The minimum absolute atomic E-state index is 0.276. The van der Waals surface area contributed by atoms with Crippen LogP contribution in [0.15, 0.2) is 23.4 Å². The molecule has 0 radical (unpaired) electrons. The summed E-state index contributed by atoms with van der Waals surface area (Å²) in [4.78, 5) is 10.3. The number of aromatic nitrogens is 4. The van der Waals surface area contributed by atoms with Gasteiger partial charge in [-0.1, -0.05) is 31.0 Å². The minimum atomic E-state index is -0.276. The Labute approximate surface area is 150 Å². The first-order valence-corrected chi connectivity index (χ1v) is 9.95. The smallest absolute Gasteiger partial charge is 0.211 e. The van der Waals surface area contributed by atoms with Gasteiger partial charge in [-0.15, -0.1) is 10.2 Å². The zero-order chi connectivity index (χ0) is 17.1. The van der Waals surface area contributed by atoms with Crippen LogP contribution in [0.2, 0.25) is 0 Å². The van der Waals surface area contributed by atoms with E-state index >= 15 is 0 Å². The van der Waals surface area contributed by atoms with Crippen LogP contribution in [0.4, 0.5) is 4.39 Å². The number of thioether (sulfide) groups is 1. The van der Waals surface area contributed by atoms with Crippen LogP contribution < -0.4 is 0 Å². The highest BCUT2D eigenvalue weighted by atomic mass is 32.2. The lowest BCUT2D eigenvalue weighted by atomic mass is 10.1. The van der Waals surface area contributed by atoms with Gasteiger partial charge in [0, 0.05) is 23.2 Å². The number of nitrogens with zero attached hydrogens (tertiary/aromatic N) is 4. The highest BCUT2D eigenvalue weighted by Gasteiger charge is 2.12. The van der Waals surface area contributed by atoms with E-state index in [0.29, 0.717) is 16.3 Å². The van der Waals surface area contributed by atoms with E-state index in [1.54, 1.807) is 17.8 Å². The molecule has 25 heavy (non-hydrogen) atoms. The van der Waals surface area contributed by atoms with Gasteiger partial charge in [-0.3, -0.25) is 0 Å². The molecule has 1 fully saturated rings. The molecule has 4 rings (SSSR count). The van der Waals surface area contributed by atoms with Gasteiger partial charge in [-0.2, -0.15) is 0 Å². The molecule has 3 aromatic rings. The quantitative estimate of drug-likeness (QED) is 0.714. The van der Waals surface area contributed by atoms with Crippen LogP contribution >= 0.6 is 11.8 Å². The van der Waals surface area contributed by atoms with Crippen LogP contribution in [-0.4, -0.2) is 50.5 Å². The largest absolute Gasteiger partial charge is 0.338 e. The fraction of sp³-hybridized carbons (Fsp3) is 0.500. The topological polar surface area (TPSA) is 57.7 Å². The van der Waals surface area contributed by atoms with Gasteiger partial charge < -0.3 is 9.88 Å². The number of aromatic amines is 1. The van der Waals surface area contributed by atoms with E-state index < -0.39 is 0 Å². The highest BCUT2D eigenvalue weighted by Crippen LogP contribution is 2.24. The minimum Gasteiger partial charge on any atom is -0.338 e. The van der Waals surface area contributed by atoms with E-state index in [1.807, 2.05) is 0 Å². The average Bonchev–Trinajstić information content (AvgIpc) is 2.93. The predicted octanol–water partition coefficient (Wildman–Crippen LogP) is 4.00. The summed E-state index contributed by atoms with van der Waals surface area (Å²) in [5.74, 6) is 0.684. The van der Waals surface area contributed by atoms with Crippen molar-refractivity contribution in [3.63, 3.8) is 0 Å². The summed E-state index contributed by atoms with van der Waals surface area (Å²) >= 11 is 1.63. The van der Waals surface area contributed by atoms with Gasteiger partial charge in [-0.05, 0) is 44.1 Å². The van der Waals surface area contributed by atoms with Crippen molar-refractivity contribution in [1.82, 2.24) is 25.1 Å². The van der Waals surface area contributed by atoms with E-state index in [-0.39, 0.29) is 5.82 Å². The molecule has 1 saturated heterocycles. The molecule has 0 spiro atoms. The Morgan fingerprint density at radius 2 is 1.88 bits per heavy atom. The third-order valence-electron chi connectivity index (χ3n) is 4.74. The maximum absolute atomic E-state index is 13.4. The fourth-order valence-corrected chi connectivity index (χ4v) is 4.18. The summed E-state index contributed by atoms with van der Waals surface area (Å²) in [6.07, 6.45) is 6.71. The van der Waals surface area contributed by atoms with Crippen molar-refractivity contribution in [2.45, 2.75) is 37.3 Å². The molecule has 0 atom stereocenters. The van der Waals surface area contributed by atoms with Crippen molar-refractivity contribution in [1.29, 1.82) is 0 Å². The molecular weight excluding hydrogens is 337 g/mol. The Hall–Kier alpha value is -1.73. The van der Waals surface area contributed by atoms with Gasteiger partial charge in [0.2, 0.25) is 5.16 Å². The number of hydrogen-bond donors (Lipinski definition) is 1. The molecule has 1 N–H and O–H groups in total. The first-order chi connectivity index (χ1) is 12.3. The van der Waals surface area contributed by atoms with E-state index in [1.165, 1.54) is 57.3 Å². The summed E-state index contributed by atoms with van der Waals surface area (Å²) in [6.45, 7) is 3.46. The first-order valence-electron chi connectivity index (χ1n) is 8.96. The third-order valence-corrected chi connectivity index (χ3v) is 5.56. The van der Waals surface area contributed by atoms with E-state index in [0.717, 1.165) is 23.2 Å². The van der Waals surface area contributed by atoms with E-state index in [2.05, 4.69) is 25.1 Å². The normalized spacial score (nSPS) is 17.0. The van der Waals surface area contributed by atoms with Crippen LogP contribution in [0.5, 0.6) is 0 Å². The monoisotopic (exact) mass is 359 g/mol. The van der Waals surface area contributed by atoms with Gasteiger partial charge in [0.25, 0.3) is 0 Å². The third kappa shape index (κ3) is 3.93. The summed E-state index contributed by atoms with van der Waals surface area (Å²) in [7, 11) is 0. The fourth-order valence-electron chi connectivity index (χ4n) is 3.39. The molecule has 5 nitrogen and oxygen atoms in total. The number of rotatable bonds is 4. The van der Waals surface area contributed by atoms with Gasteiger partial charge in [0.1, 0.15) is 11.3 Å². The Morgan fingerprint density at radius 3 is 2.72 bits per heavy atom. The lowest BCUT2D eigenvalue weighted by Gasteiger charge is -2.23. The number of likely N-dealkylation sites (tertiary alicyclic amines) is 1. The highest BCUT2D eigenvalue weighted by molar-refractivity contribution is 7.99. The molecule has 1 aliphatic heterocycles. The molecule has 3 heterocycles. The van der Waals surface area contributed by atoms with Gasteiger partial charge in [-0.25, -0.2) is 9.37 Å². The molecule has 1 aliphatic rings. The molecule has 0 aliphatic carbocycles. The lowest BCUT2D eigenvalue weighted by Crippen LogP contribution is -2.29. The second-order valence-electron chi connectivity index (χ2n) is 6.56. The summed E-state index contributed by atoms with van der Waals surface area (Å²) in [6, 6.07) is 4.62. The molecule has 0 amide bonds. The maximum atomic E-state index is 13.4. The van der Waals surface area contributed by atoms with Crippen LogP contribution in [0.25, 0.3) is 22.1 Å². The van der Waals surface area contributed by atoms with Gasteiger partial charge in [0.05, 0.1) is 0 Å². The Morgan fingerprint density at radius 1 is 1.08 bits per heavy atom. The number of nitrogens with one attached hydrogen (secondary N) is 1. The summed E-state index contributed by atoms with van der Waals surface area (Å²) < 4.78 is 13.4. The zero-order valence-electron chi connectivity index (χ0n) is 14.2. The molecular formula is C18H22FN5S. The lowest BCUT2D eigenvalue weighted by molar-refractivity contribution is 0.261. The maximum Gasteiger partial charge on any atom is 0.211 e. The molecule has 0 saturated carbocycles. The van der Waals surface area contributed by atoms with Gasteiger partial charge in [0.15, 0.2) is 5.65 Å². The Kier molecular flexibility index (Phi) is 5.12. The molecule has 0 unspecified atom stereocenters. The molecule has 0 bridgehead atoms. The SMILES string of the molecule is Fc1ccc2[nH]c3nc(SCCN4CCCCCCC4)nnc3c2c1. The van der Waals surface area contributed by atoms with Crippen LogP contribution in [0.1, 0.15) is 32.1 Å². The summed E-state index contributed by atoms with van der Waals surface area (Å²) in [5, 5.41) is 9.88. The number of halogens is 1. The first kappa shape index (κ1) is 16.7. The van der Waals surface area contributed by atoms with E-state index in [9.17, 15) is 4.39 Å². The molecule has 2 aromatic heterocycles.